The number of hydrogen-bond acceptors (Lipinski definition) is 4. The summed E-state index contributed by atoms with van der Waals surface area (Å²) in [6, 6.07) is 7.01. The highest BCUT2D eigenvalue weighted by Crippen LogP contribution is 2.14. The standard InChI is InChI=1S/C15H21N3O3/c16-6-2-5-14(19)17-13-4-1-3-12(11-13)15(20)18-7-9-21-10-8-18/h1,3-4,11H,2,5-10,16H2,(H,17,19). The first-order valence-corrected chi connectivity index (χ1v) is 7.17. The normalized spacial score (nSPS) is 14.8. The van der Waals surface area contributed by atoms with Gasteiger partial charge in [-0.3, -0.25) is 9.59 Å². The fourth-order valence-corrected chi connectivity index (χ4v) is 2.17. The number of nitrogens with one attached hydrogen (secondary N) is 1. The van der Waals surface area contributed by atoms with E-state index in [0.29, 0.717) is 56.9 Å². The maximum atomic E-state index is 12.4. The van der Waals surface area contributed by atoms with Crippen molar-refractivity contribution in [3.63, 3.8) is 0 Å². The molecule has 0 saturated carbocycles. The Morgan fingerprint density at radius 3 is 2.76 bits per heavy atom. The number of rotatable bonds is 5. The Morgan fingerprint density at radius 2 is 2.05 bits per heavy atom. The predicted octanol–water partition coefficient (Wildman–Crippen LogP) is 0.836. The topological polar surface area (TPSA) is 84.7 Å². The number of nitrogens with zero attached hydrogens (tertiary/aromatic N) is 1. The summed E-state index contributed by atoms with van der Waals surface area (Å²) < 4.78 is 5.24. The zero-order chi connectivity index (χ0) is 15.1. The van der Waals surface area contributed by atoms with Crippen LogP contribution in [0.25, 0.3) is 0 Å². The first-order valence-electron chi connectivity index (χ1n) is 7.17. The lowest BCUT2D eigenvalue weighted by Crippen LogP contribution is -2.40. The van der Waals surface area contributed by atoms with Crippen LogP contribution in [0.2, 0.25) is 0 Å². The zero-order valence-electron chi connectivity index (χ0n) is 12.0. The van der Waals surface area contributed by atoms with Gasteiger partial charge in [0.15, 0.2) is 0 Å². The van der Waals surface area contributed by atoms with E-state index in [1.807, 2.05) is 0 Å². The fraction of sp³-hybridized carbons (Fsp3) is 0.467. The summed E-state index contributed by atoms with van der Waals surface area (Å²) in [6.07, 6.45) is 1.04. The van der Waals surface area contributed by atoms with Gasteiger partial charge < -0.3 is 20.7 Å². The van der Waals surface area contributed by atoms with E-state index in [9.17, 15) is 9.59 Å². The van der Waals surface area contributed by atoms with Crippen LogP contribution in [0.15, 0.2) is 24.3 Å². The molecule has 6 heteroatoms. The molecule has 114 valence electrons. The minimum Gasteiger partial charge on any atom is -0.378 e. The third-order valence-corrected chi connectivity index (χ3v) is 3.30. The number of hydrogen-bond donors (Lipinski definition) is 2. The smallest absolute Gasteiger partial charge is 0.254 e. The van der Waals surface area contributed by atoms with Crippen LogP contribution in [0.3, 0.4) is 0 Å². The van der Waals surface area contributed by atoms with Crippen LogP contribution >= 0.6 is 0 Å². The molecule has 2 rings (SSSR count). The maximum Gasteiger partial charge on any atom is 0.254 e. The molecule has 1 heterocycles. The summed E-state index contributed by atoms with van der Waals surface area (Å²) in [6.45, 7) is 2.84. The van der Waals surface area contributed by atoms with Crippen molar-refractivity contribution in [3.8, 4) is 0 Å². The summed E-state index contributed by atoms with van der Waals surface area (Å²) in [4.78, 5) is 25.8. The van der Waals surface area contributed by atoms with E-state index in [4.69, 9.17) is 10.5 Å². The highest BCUT2D eigenvalue weighted by atomic mass is 16.5. The van der Waals surface area contributed by atoms with Crippen molar-refractivity contribution in [3.05, 3.63) is 29.8 Å². The first kappa shape index (κ1) is 15.5. The van der Waals surface area contributed by atoms with Gasteiger partial charge in [0, 0.05) is 30.8 Å². The molecule has 1 aliphatic heterocycles. The minimum absolute atomic E-state index is 0.0312. The number of anilines is 1. The van der Waals surface area contributed by atoms with Gasteiger partial charge in [0.2, 0.25) is 5.91 Å². The summed E-state index contributed by atoms with van der Waals surface area (Å²) in [5.74, 6) is -0.118. The molecule has 2 amide bonds. The van der Waals surface area contributed by atoms with E-state index in [1.165, 1.54) is 0 Å². The number of carbonyl (C=O) groups excluding carboxylic acids is 2. The molecular weight excluding hydrogens is 270 g/mol. The summed E-state index contributed by atoms with van der Waals surface area (Å²) in [5.41, 5.74) is 6.59. The number of nitrogens with two attached hydrogens (primary N) is 1. The summed E-state index contributed by atoms with van der Waals surface area (Å²) in [7, 11) is 0. The van der Waals surface area contributed by atoms with Gasteiger partial charge >= 0.3 is 0 Å². The lowest BCUT2D eigenvalue weighted by atomic mass is 10.1. The van der Waals surface area contributed by atoms with Gasteiger partial charge in [0.05, 0.1) is 13.2 Å². The van der Waals surface area contributed by atoms with Gasteiger partial charge in [-0.1, -0.05) is 6.07 Å². The van der Waals surface area contributed by atoms with Crippen molar-refractivity contribution in [2.24, 2.45) is 5.73 Å². The van der Waals surface area contributed by atoms with E-state index in [2.05, 4.69) is 5.32 Å². The molecule has 0 atom stereocenters. The van der Waals surface area contributed by atoms with Gasteiger partial charge in [0.25, 0.3) is 5.91 Å². The Bertz CT molecular complexity index is 499. The summed E-state index contributed by atoms with van der Waals surface area (Å²) in [5, 5.41) is 2.78. The van der Waals surface area contributed by atoms with Crippen LogP contribution in [-0.4, -0.2) is 49.6 Å². The average Bonchev–Trinajstić information content (AvgIpc) is 2.53. The van der Waals surface area contributed by atoms with Crippen LogP contribution in [0.1, 0.15) is 23.2 Å². The number of amides is 2. The molecule has 0 radical (unpaired) electrons. The molecule has 0 spiro atoms. The van der Waals surface area contributed by atoms with E-state index in [-0.39, 0.29) is 11.8 Å². The predicted molar refractivity (Wildman–Crippen MR) is 80.1 cm³/mol. The monoisotopic (exact) mass is 291 g/mol. The second-order valence-corrected chi connectivity index (χ2v) is 4.93. The van der Waals surface area contributed by atoms with Gasteiger partial charge in [-0.05, 0) is 31.2 Å². The quantitative estimate of drug-likeness (QED) is 0.842. The molecule has 21 heavy (non-hydrogen) atoms. The summed E-state index contributed by atoms with van der Waals surface area (Å²) >= 11 is 0. The molecule has 0 unspecified atom stereocenters. The van der Waals surface area contributed by atoms with Crippen molar-refractivity contribution in [2.75, 3.05) is 38.2 Å². The zero-order valence-corrected chi connectivity index (χ0v) is 12.0. The van der Waals surface area contributed by atoms with Crippen molar-refractivity contribution in [1.82, 2.24) is 4.90 Å². The molecule has 1 aliphatic rings. The largest absolute Gasteiger partial charge is 0.378 e. The second-order valence-electron chi connectivity index (χ2n) is 4.93. The van der Waals surface area contributed by atoms with Gasteiger partial charge in [-0.15, -0.1) is 0 Å². The van der Waals surface area contributed by atoms with Gasteiger partial charge in [-0.25, -0.2) is 0 Å². The molecule has 0 bridgehead atoms. The van der Waals surface area contributed by atoms with Crippen LogP contribution in [0, 0.1) is 0 Å². The van der Waals surface area contributed by atoms with Crippen molar-refractivity contribution in [2.45, 2.75) is 12.8 Å². The van der Waals surface area contributed by atoms with Crippen LogP contribution in [0.5, 0.6) is 0 Å². The van der Waals surface area contributed by atoms with Crippen molar-refractivity contribution in [1.29, 1.82) is 0 Å². The third kappa shape index (κ3) is 4.54. The fourth-order valence-electron chi connectivity index (χ4n) is 2.17. The van der Waals surface area contributed by atoms with Crippen molar-refractivity contribution < 1.29 is 14.3 Å². The Labute approximate surface area is 124 Å². The number of benzene rings is 1. The lowest BCUT2D eigenvalue weighted by molar-refractivity contribution is -0.116. The molecule has 0 aliphatic carbocycles. The number of morpholine rings is 1. The molecular formula is C15H21N3O3. The Kier molecular flexibility index (Phi) is 5.71. The molecule has 1 aromatic carbocycles. The Morgan fingerprint density at radius 1 is 1.29 bits per heavy atom. The number of carbonyl (C=O) groups is 2. The van der Waals surface area contributed by atoms with Gasteiger partial charge in [-0.2, -0.15) is 0 Å². The maximum absolute atomic E-state index is 12.4. The van der Waals surface area contributed by atoms with E-state index in [0.717, 1.165) is 0 Å². The van der Waals surface area contributed by atoms with E-state index in [1.54, 1.807) is 29.2 Å². The molecule has 3 N–H and O–H groups in total. The highest BCUT2D eigenvalue weighted by molar-refractivity contribution is 5.97. The van der Waals surface area contributed by atoms with Crippen LogP contribution in [0.4, 0.5) is 5.69 Å². The van der Waals surface area contributed by atoms with E-state index >= 15 is 0 Å². The molecule has 1 fully saturated rings. The van der Waals surface area contributed by atoms with Crippen LogP contribution in [-0.2, 0) is 9.53 Å². The second kappa shape index (κ2) is 7.75. The Balaban J connectivity index is 1.99. The van der Waals surface area contributed by atoms with Crippen LogP contribution < -0.4 is 11.1 Å². The SMILES string of the molecule is NCCCC(=O)Nc1cccc(C(=O)N2CCOCC2)c1. The Hall–Kier alpha value is -1.92. The molecule has 1 aromatic rings. The molecule has 6 nitrogen and oxygen atoms in total. The number of ether oxygens (including phenoxy) is 1. The highest BCUT2D eigenvalue weighted by Gasteiger charge is 2.18. The minimum atomic E-state index is -0.0866. The van der Waals surface area contributed by atoms with Gasteiger partial charge in [0.1, 0.15) is 0 Å². The molecule has 1 saturated heterocycles. The average molecular weight is 291 g/mol. The lowest BCUT2D eigenvalue weighted by Gasteiger charge is -2.27. The third-order valence-electron chi connectivity index (χ3n) is 3.30. The molecule has 0 aromatic heterocycles. The first-order chi connectivity index (χ1) is 10.2. The van der Waals surface area contributed by atoms with Crippen molar-refractivity contribution >= 4 is 17.5 Å². The van der Waals surface area contributed by atoms with E-state index < -0.39 is 0 Å².